The third-order valence-electron chi connectivity index (χ3n) is 6.36. The molecule has 1 aliphatic carbocycles. The van der Waals surface area contributed by atoms with Crippen LogP contribution in [-0.4, -0.2) is 30.4 Å². The SMILES string of the molecule is CCc1ccc(CN2CCC3(CC2)CC3C(=O)NCCc2ccccc2)o1. The highest BCUT2D eigenvalue weighted by Gasteiger charge is 2.58. The van der Waals surface area contributed by atoms with E-state index in [9.17, 15) is 4.79 Å². The first-order valence-electron chi connectivity index (χ1n) is 10.3. The summed E-state index contributed by atoms with van der Waals surface area (Å²) in [6.07, 6.45) is 5.18. The van der Waals surface area contributed by atoms with Crippen molar-refractivity contribution in [1.82, 2.24) is 10.2 Å². The normalized spacial score (nSPS) is 21.3. The summed E-state index contributed by atoms with van der Waals surface area (Å²) in [6.45, 7) is 5.88. The molecule has 2 fully saturated rings. The summed E-state index contributed by atoms with van der Waals surface area (Å²) in [7, 11) is 0. The molecule has 1 unspecified atom stereocenters. The first-order valence-corrected chi connectivity index (χ1v) is 10.3. The molecule has 2 aromatic rings. The quantitative estimate of drug-likeness (QED) is 0.811. The van der Waals surface area contributed by atoms with Crippen LogP contribution in [0.4, 0.5) is 0 Å². The minimum absolute atomic E-state index is 0.228. The predicted molar refractivity (Wildman–Crippen MR) is 106 cm³/mol. The Labute approximate surface area is 161 Å². The fourth-order valence-corrected chi connectivity index (χ4v) is 4.44. The maximum Gasteiger partial charge on any atom is 0.223 e. The Balaban J connectivity index is 1.20. The molecule has 2 heterocycles. The minimum atomic E-state index is 0.228. The second-order valence-electron chi connectivity index (χ2n) is 8.14. The second-order valence-corrected chi connectivity index (χ2v) is 8.14. The Kier molecular flexibility index (Phi) is 5.35. The van der Waals surface area contributed by atoms with Crippen LogP contribution in [0.2, 0.25) is 0 Å². The van der Waals surface area contributed by atoms with Crippen molar-refractivity contribution in [2.24, 2.45) is 11.3 Å². The summed E-state index contributed by atoms with van der Waals surface area (Å²) in [6, 6.07) is 14.5. The third-order valence-corrected chi connectivity index (χ3v) is 6.36. The Morgan fingerprint density at radius 2 is 1.89 bits per heavy atom. The number of hydrogen-bond acceptors (Lipinski definition) is 3. The van der Waals surface area contributed by atoms with E-state index in [4.69, 9.17) is 4.42 Å². The van der Waals surface area contributed by atoms with Crippen molar-refractivity contribution in [2.45, 2.75) is 45.6 Å². The van der Waals surface area contributed by atoms with Gasteiger partial charge < -0.3 is 9.73 Å². The number of nitrogens with one attached hydrogen (secondary N) is 1. The number of piperidine rings is 1. The highest BCUT2D eigenvalue weighted by molar-refractivity contribution is 5.82. The van der Waals surface area contributed by atoms with Gasteiger partial charge in [0, 0.05) is 18.9 Å². The van der Waals surface area contributed by atoms with Gasteiger partial charge in [0.15, 0.2) is 0 Å². The average molecular weight is 367 g/mol. The standard InChI is InChI=1S/C23H30N2O2/c1-2-19-8-9-20(27-19)17-25-14-11-23(12-15-25)16-21(23)22(26)24-13-10-18-6-4-3-5-7-18/h3-9,21H,2,10-17H2,1H3,(H,24,26). The first kappa shape index (κ1) is 18.3. The zero-order valence-electron chi connectivity index (χ0n) is 16.2. The molecule has 2 aliphatic rings. The number of likely N-dealkylation sites (tertiary alicyclic amines) is 1. The lowest BCUT2D eigenvalue weighted by Gasteiger charge is -2.32. The number of amides is 1. The van der Waals surface area contributed by atoms with Crippen LogP contribution in [0.3, 0.4) is 0 Å². The Hall–Kier alpha value is -2.07. The number of hydrogen-bond donors (Lipinski definition) is 1. The van der Waals surface area contributed by atoms with Gasteiger partial charge in [-0.1, -0.05) is 37.3 Å². The van der Waals surface area contributed by atoms with Crippen molar-refractivity contribution < 1.29 is 9.21 Å². The highest BCUT2D eigenvalue weighted by atomic mass is 16.3. The third kappa shape index (κ3) is 4.27. The molecular weight excluding hydrogens is 336 g/mol. The van der Waals surface area contributed by atoms with Crippen LogP contribution in [0.15, 0.2) is 46.9 Å². The number of benzene rings is 1. The molecule has 1 aromatic carbocycles. The van der Waals surface area contributed by atoms with E-state index < -0.39 is 0 Å². The monoisotopic (exact) mass is 366 g/mol. The topological polar surface area (TPSA) is 45.5 Å². The van der Waals surface area contributed by atoms with E-state index >= 15 is 0 Å². The van der Waals surface area contributed by atoms with Gasteiger partial charge in [-0.3, -0.25) is 9.69 Å². The predicted octanol–water partition coefficient (Wildman–Crippen LogP) is 3.80. The molecule has 1 saturated carbocycles. The van der Waals surface area contributed by atoms with E-state index in [2.05, 4.69) is 41.4 Å². The van der Waals surface area contributed by atoms with Crippen LogP contribution in [-0.2, 0) is 24.2 Å². The van der Waals surface area contributed by atoms with Crippen LogP contribution >= 0.6 is 0 Å². The molecule has 0 radical (unpaired) electrons. The summed E-state index contributed by atoms with van der Waals surface area (Å²) in [5.41, 5.74) is 1.55. The summed E-state index contributed by atoms with van der Waals surface area (Å²) < 4.78 is 5.84. The molecular formula is C23H30N2O2. The number of rotatable bonds is 7. The second kappa shape index (κ2) is 7.89. The van der Waals surface area contributed by atoms with Gasteiger partial charge in [-0.05, 0) is 61.9 Å². The van der Waals surface area contributed by atoms with E-state index in [1.54, 1.807) is 0 Å². The van der Waals surface area contributed by atoms with E-state index in [0.717, 1.165) is 69.8 Å². The lowest BCUT2D eigenvalue weighted by atomic mass is 9.90. The van der Waals surface area contributed by atoms with Crippen LogP contribution in [0.25, 0.3) is 0 Å². The summed E-state index contributed by atoms with van der Waals surface area (Å²) in [5, 5.41) is 3.16. The molecule has 1 amide bonds. The Morgan fingerprint density at radius 3 is 2.59 bits per heavy atom. The number of carbonyl (C=O) groups excluding carboxylic acids is 1. The van der Waals surface area contributed by atoms with Crippen LogP contribution < -0.4 is 5.32 Å². The largest absolute Gasteiger partial charge is 0.465 e. The maximum absolute atomic E-state index is 12.5. The number of aryl methyl sites for hydroxylation is 1. The number of furan rings is 1. The van der Waals surface area contributed by atoms with Crippen LogP contribution in [0.1, 0.15) is 43.3 Å². The smallest absolute Gasteiger partial charge is 0.223 e. The van der Waals surface area contributed by atoms with Gasteiger partial charge in [0.05, 0.1) is 6.54 Å². The van der Waals surface area contributed by atoms with Crippen molar-refractivity contribution in [3.05, 3.63) is 59.5 Å². The maximum atomic E-state index is 12.5. The molecule has 1 aliphatic heterocycles. The molecule has 4 nitrogen and oxygen atoms in total. The lowest BCUT2D eigenvalue weighted by Crippen LogP contribution is -2.37. The fraction of sp³-hybridized carbons (Fsp3) is 0.522. The van der Waals surface area contributed by atoms with Crippen molar-refractivity contribution in [2.75, 3.05) is 19.6 Å². The molecule has 4 rings (SSSR count). The molecule has 4 heteroatoms. The summed E-state index contributed by atoms with van der Waals surface area (Å²) >= 11 is 0. The van der Waals surface area contributed by atoms with E-state index in [1.807, 2.05) is 18.2 Å². The summed E-state index contributed by atoms with van der Waals surface area (Å²) in [4.78, 5) is 15.0. The van der Waals surface area contributed by atoms with Crippen molar-refractivity contribution in [3.8, 4) is 0 Å². The minimum Gasteiger partial charge on any atom is -0.465 e. The van der Waals surface area contributed by atoms with Gasteiger partial charge in [-0.2, -0.15) is 0 Å². The van der Waals surface area contributed by atoms with Gasteiger partial charge in [0.1, 0.15) is 11.5 Å². The van der Waals surface area contributed by atoms with E-state index in [1.165, 1.54) is 5.56 Å². The van der Waals surface area contributed by atoms with E-state index in [0.29, 0.717) is 0 Å². The molecule has 1 saturated heterocycles. The van der Waals surface area contributed by atoms with Gasteiger partial charge in [0.2, 0.25) is 5.91 Å². The molecule has 1 spiro atoms. The van der Waals surface area contributed by atoms with Gasteiger partial charge in [-0.25, -0.2) is 0 Å². The van der Waals surface area contributed by atoms with Crippen molar-refractivity contribution in [3.63, 3.8) is 0 Å². The zero-order valence-corrected chi connectivity index (χ0v) is 16.2. The Bertz CT molecular complexity index is 760. The lowest BCUT2D eigenvalue weighted by molar-refractivity contribution is -0.123. The Morgan fingerprint density at radius 1 is 1.15 bits per heavy atom. The molecule has 1 aromatic heterocycles. The van der Waals surface area contributed by atoms with E-state index in [-0.39, 0.29) is 17.2 Å². The summed E-state index contributed by atoms with van der Waals surface area (Å²) in [5.74, 6) is 2.62. The number of nitrogens with zero attached hydrogens (tertiary/aromatic N) is 1. The molecule has 1 N–H and O–H groups in total. The molecule has 27 heavy (non-hydrogen) atoms. The average Bonchev–Trinajstić information content (AvgIpc) is 3.21. The first-order chi connectivity index (χ1) is 13.2. The van der Waals surface area contributed by atoms with Crippen LogP contribution in [0, 0.1) is 11.3 Å². The van der Waals surface area contributed by atoms with Gasteiger partial charge >= 0.3 is 0 Å². The number of carbonyl (C=O) groups is 1. The fourth-order valence-electron chi connectivity index (χ4n) is 4.44. The molecule has 0 bridgehead atoms. The highest BCUT2D eigenvalue weighted by Crippen LogP contribution is 2.59. The van der Waals surface area contributed by atoms with Gasteiger partial charge in [-0.15, -0.1) is 0 Å². The van der Waals surface area contributed by atoms with Crippen LogP contribution in [0.5, 0.6) is 0 Å². The van der Waals surface area contributed by atoms with Crippen molar-refractivity contribution in [1.29, 1.82) is 0 Å². The molecule has 144 valence electrons. The molecule has 1 atom stereocenters. The zero-order chi connectivity index (χ0) is 18.7. The van der Waals surface area contributed by atoms with Gasteiger partial charge in [0.25, 0.3) is 0 Å². The van der Waals surface area contributed by atoms with Crippen molar-refractivity contribution >= 4 is 5.91 Å².